The summed E-state index contributed by atoms with van der Waals surface area (Å²) >= 11 is 0. The molecule has 0 spiro atoms. The molecule has 0 saturated carbocycles. The number of pyridine rings is 1. The zero-order chi connectivity index (χ0) is 52.5. The Morgan fingerprint density at radius 1 is 0.434 bits per heavy atom. The van der Waals surface area contributed by atoms with E-state index in [9.17, 15) is 0 Å². The predicted molar refractivity (Wildman–Crippen MR) is 320 cm³/mol. The molecule has 0 amide bonds. The average Bonchev–Trinajstić information content (AvgIpc) is 4.09. The van der Waals surface area contributed by atoms with Gasteiger partial charge in [-0.1, -0.05) is 187 Å². The molecule has 5 nitrogen and oxygen atoms in total. The summed E-state index contributed by atoms with van der Waals surface area (Å²) in [5, 5.41) is 2.31. The van der Waals surface area contributed by atoms with Crippen molar-refractivity contribution in [2.45, 2.75) is 73.1 Å². The minimum atomic E-state index is -0.0321. The Bertz CT molecular complexity index is 3940. The SMILES string of the molecule is Cc1cc(-n2c3ccccc3c3c(-c4ccccc4)cc(Oc4cccc(N5CN(c6cc(C(C)(C)C)cc(C(C)(C)C)c6)c6c(-c7ccccc7)cccc65)c4)cc32)ncc1-c1c(C)cc(-c2ccccc2)cc1C. The highest BCUT2D eigenvalue weighted by Gasteiger charge is 2.33. The van der Waals surface area contributed by atoms with E-state index in [1.807, 2.05) is 0 Å². The Kier molecular flexibility index (Phi) is 12.0. The smallest absolute Gasteiger partial charge is 0.137 e. The van der Waals surface area contributed by atoms with E-state index in [0.29, 0.717) is 6.67 Å². The summed E-state index contributed by atoms with van der Waals surface area (Å²) in [6.45, 7) is 21.2. The van der Waals surface area contributed by atoms with Crippen molar-refractivity contribution in [3.8, 4) is 61.8 Å². The number of benzene rings is 9. The second-order valence-corrected chi connectivity index (χ2v) is 22.7. The fraction of sp³-hybridized carbons (Fsp3) is 0.169. The summed E-state index contributed by atoms with van der Waals surface area (Å²) in [5.74, 6) is 2.36. The first kappa shape index (κ1) is 48.3. The Morgan fingerprint density at radius 3 is 1.68 bits per heavy atom. The molecule has 12 rings (SSSR count). The molecule has 76 heavy (non-hydrogen) atoms. The lowest BCUT2D eigenvalue weighted by atomic mass is 9.80. The van der Waals surface area contributed by atoms with E-state index in [2.05, 4.69) is 289 Å². The number of hydrogen-bond donors (Lipinski definition) is 0. The lowest BCUT2D eigenvalue weighted by Crippen LogP contribution is -2.25. The number of hydrogen-bond acceptors (Lipinski definition) is 4. The third-order valence-corrected chi connectivity index (χ3v) is 15.3. The topological polar surface area (TPSA) is 33.5 Å². The molecule has 11 aromatic rings. The van der Waals surface area contributed by atoms with Gasteiger partial charge in [0, 0.05) is 51.6 Å². The molecule has 0 saturated heterocycles. The molecule has 0 aliphatic carbocycles. The number of aromatic nitrogens is 2. The molecule has 0 N–H and O–H groups in total. The summed E-state index contributed by atoms with van der Waals surface area (Å²) in [7, 11) is 0. The quantitative estimate of drug-likeness (QED) is 0.144. The Labute approximate surface area is 448 Å². The van der Waals surface area contributed by atoms with E-state index in [0.717, 1.165) is 72.8 Å². The van der Waals surface area contributed by atoms with Crippen molar-refractivity contribution >= 4 is 44.6 Å². The minimum absolute atomic E-state index is 0.0321. The highest BCUT2D eigenvalue weighted by Crippen LogP contribution is 2.51. The van der Waals surface area contributed by atoms with Crippen molar-refractivity contribution in [3.63, 3.8) is 0 Å². The number of para-hydroxylation sites is 2. The van der Waals surface area contributed by atoms with Crippen LogP contribution < -0.4 is 14.5 Å². The van der Waals surface area contributed by atoms with Gasteiger partial charge in [0.1, 0.15) is 24.0 Å². The molecule has 2 aromatic heterocycles. The van der Waals surface area contributed by atoms with Crippen molar-refractivity contribution in [2.24, 2.45) is 0 Å². The lowest BCUT2D eigenvalue weighted by Gasteiger charge is -2.30. The van der Waals surface area contributed by atoms with Gasteiger partial charge < -0.3 is 14.5 Å². The molecular formula is C71H64N4O. The van der Waals surface area contributed by atoms with E-state index in [1.54, 1.807) is 0 Å². The van der Waals surface area contributed by atoms with Crippen molar-refractivity contribution in [1.29, 1.82) is 0 Å². The number of ether oxygens (including phenoxy) is 1. The van der Waals surface area contributed by atoms with Gasteiger partial charge in [-0.15, -0.1) is 0 Å². The van der Waals surface area contributed by atoms with Crippen molar-refractivity contribution in [3.05, 3.63) is 240 Å². The maximum Gasteiger partial charge on any atom is 0.137 e. The lowest BCUT2D eigenvalue weighted by molar-refractivity contribution is 0.483. The first-order chi connectivity index (χ1) is 36.7. The summed E-state index contributed by atoms with van der Waals surface area (Å²) in [5.41, 5.74) is 22.3. The standard InChI is InChI=1S/C71H64N4O/c1-46-37-66(72-44-62(46)67-47(2)35-52(36-48(67)3)49-23-13-10-14-24-49)75-63-33-20-19-31-60(63)68-61(51-27-17-12-18-28-51)42-58(43-65(68)75)76-57-30-21-29-55(41-57)73-45-74(56-39-53(70(4,5)6)38-54(40-56)71(7,8)9)69-59(32-22-34-64(69)73)50-25-15-11-16-26-50/h10-44H,45H2,1-9H3. The maximum absolute atomic E-state index is 7.13. The van der Waals surface area contributed by atoms with Crippen molar-refractivity contribution < 1.29 is 4.74 Å². The molecule has 0 radical (unpaired) electrons. The van der Waals surface area contributed by atoms with Gasteiger partial charge in [-0.25, -0.2) is 4.98 Å². The van der Waals surface area contributed by atoms with Crippen LogP contribution in [0.2, 0.25) is 0 Å². The first-order valence-corrected chi connectivity index (χ1v) is 26.6. The highest BCUT2D eigenvalue weighted by atomic mass is 16.5. The number of aryl methyl sites for hydroxylation is 3. The van der Waals surface area contributed by atoms with Crippen LogP contribution in [0.1, 0.15) is 69.4 Å². The van der Waals surface area contributed by atoms with E-state index >= 15 is 0 Å². The number of anilines is 4. The molecule has 0 unspecified atom stereocenters. The molecular weight excluding hydrogens is 925 g/mol. The Morgan fingerprint density at radius 2 is 1.04 bits per heavy atom. The summed E-state index contributed by atoms with van der Waals surface area (Å²) in [6, 6.07) is 74.6. The van der Waals surface area contributed by atoms with Crippen LogP contribution in [-0.2, 0) is 10.8 Å². The van der Waals surface area contributed by atoms with Crippen LogP contribution >= 0.6 is 0 Å². The van der Waals surface area contributed by atoms with Crippen LogP contribution in [0.3, 0.4) is 0 Å². The van der Waals surface area contributed by atoms with Crippen molar-refractivity contribution in [2.75, 3.05) is 16.5 Å². The van der Waals surface area contributed by atoms with Gasteiger partial charge >= 0.3 is 0 Å². The maximum atomic E-state index is 7.13. The third kappa shape index (κ3) is 8.79. The average molecular weight is 989 g/mol. The predicted octanol–water partition coefficient (Wildman–Crippen LogP) is 19.4. The molecule has 0 fully saturated rings. The summed E-state index contributed by atoms with van der Waals surface area (Å²) in [4.78, 5) is 10.3. The molecule has 374 valence electrons. The van der Waals surface area contributed by atoms with Gasteiger partial charge in [0.25, 0.3) is 0 Å². The van der Waals surface area contributed by atoms with Gasteiger partial charge in [0.05, 0.1) is 22.4 Å². The first-order valence-electron chi connectivity index (χ1n) is 26.6. The van der Waals surface area contributed by atoms with Gasteiger partial charge in [0.15, 0.2) is 0 Å². The second kappa shape index (κ2) is 18.9. The van der Waals surface area contributed by atoms with Gasteiger partial charge in [0.2, 0.25) is 0 Å². The molecule has 1 aliphatic rings. The molecule has 1 aliphatic heterocycles. The summed E-state index contributed by atoms with van der Waals surface area (Å²) in [6.07, 6.45) is 2.07. The van der Waals surface area contributed by atoms with Crippen LogP contribution in [0, 0.1) is 20.8 Å². The molecule has 0 atom stereocenters. The van der Waals surface area contributed by atoms with E-state index < -0.39 is 0 Å². The van der Waals surface area contributed by atoms with E-state index in [1.165, 1.54) is 61.4 Å². The normalized spacial score (nSPS) is 12.7. The highest BCUT2D eigenvalue weighted by molar-refractivity contribution is 6.16. The van der Waals surface area contributed by atoms with Crippen molar-refractivity contribution in [1.82, 2.24) is 9.55 Å². The Hall–Kier alpha value is -8.67. The molecule has 3 heterocycles. The van der Waals surface area contributed by atoms with Crippen LogP contribution in [-0.4, -0.2) is 16.2 Å². The third-order valence-electron chi connectivity index (χ3n) is 15.3. The van der Waals surface area contributed by atoms with Gasteiger partial charge in [-0.2, -0.15) is 0 Å². The number of nitrogens with zero attached hydrogens (tertiary/aromatic N) is 4. The van der Waals surface area contributed by atoms with Crippen LogP contribution in [0.25, 0.3) is 72.1 Å². The largest absolute Gasteiger partial charge is 0.457 e. The van der Waals surface area contributed by atoms with Gasteiger partial charge in [-0.05, 0) is 141 Å². The van der Waals surface area contributed by atoms with Crippen LogP contribution in [0.15, 0.2) is 212 Å². The molecule has 5 heteroatoms. The molecule has 0 bridgehead atoms. The second-order valence-electron chi connectivity index (χ2n) is 22.7. The minimum Gasteiger partial charge on any atom is -0.457 e. The van der Waals surface area contributed by atoms with Crippen LogP contribution in [0.5, 0.6) is 11.5 Å². The summed E-state index contributed by atoms with van der Waals surface area (Å²) < 4.78 is 9.44. The molecule has 9 aromatic carbocycles. The number of fused-ring (bicyclic) bond motifs is 4. The zero-order valence-electron chi connectivity index (χ0n) is 45.1. The van der Waals surface area contributed by atoms with E-state index in [-0.39, 0.29) is 10.8 Å². The fourth-order valence-electron chi connectivity index (χ4n) is 11.4. The van der Waals surface area contributed by atoms with Crippen LogP contribution in [0.4, 0.5) is 22.7 Å². The fourth-order valence-corrected chi connectivity index (χ4v) is 11.4. The number of rotatable bonds is 9. The Balaban J connectivity index is 0.965. The monoisotopic (exact) mass is 989 g/mol. The zero-order valence-corrected chi connectivity index (χ0v) is 45.1. The van der Waals surface area contributed by atoms with E-state index in [4.69, 9.17) is 9.72 Å². The van der Waals surface area contributed by atoms with Gasteiger partial charge in [-0.3, -0.25) is 4.57 Å².